The van der Waals surface area contributed by atoms with Crippen molar-refractivity contribution < 1.29 is 14.3 Å². The zero-order valence-electron chi connectivity index (χ0n) is 16.5. The van der Waals surface area contributed by atoms with E-state index >= 15 is 0 Å². The molecule has 0 aliphatic carbocycles. The Morgan fingerprint density at radius 2 is 1.97 bits per heavy atom. The first-order valence-corrected chi connectivity index (χ1v) is 11.0. The largest absolute Gasteiger partial charge is 0.372 e. The summed E-state index contributed by atoms with van der Waals surface area (Å²) in [5.74, 6) is -0.00239. The molecule has 2 saturated heterocycles. The van der Waals surface area contributed by atoms with Crippen LogP contribution in [0.25, 0.3) is 0 Å². The van der Waals surface area contributed by atoms with Gasteiger partial charge in [0.05, 0.1) is 24.9 Å². The Kier molecular flexibility index (Phi) is 6.65. The number of likely N-dealkylation sites (tertiary alicyclic amines) is 1. The second kappa shape index (κ2) is 9.39. The monoisotopic (exact) mass is 458 g/mol. The number of nitrogens with one attached hydrogen (secondary N) is 1. The fourth-order valence-corrected chi connectivity index (χ4v) is 4.49. The SMILES string of the molecule is O=C(CN1CC[C@]2(CCCO2)[C@H](OCc2ccccc2)C1)Nc1ccc(Br)cc1. The molecule has 2 aromatic carbocycles. The number of nitrogens with zero attached hydrogens (tertiary/aromatic N) is 1. The number of anilines is 1. The lowest BCUT2D eigenvalue weighted by molar-refractivity contribution is -0.159. The second-order valence-corrected chi connectivity index (χ2v) is 8.76. The molecule has 0 unspecified atom stereocenters. The van der Waals surface area contributed by atoms with Crippen molar-refractivity contribution in [1.82, 2.24) is 4.90 Å². The first-order chi connectivity index (χ1) is 14.1. The van der Waals surface area contributed by atoms with Gasteiger partial charge in [-0.3, -0.25) is 9.69 Å². The lowest BCUT2D eigenvalue weighted by Gasteiger charge is -2.44. The molecule has 5 nitrogen and oxygen atoms in total. The number of piperidine rings is 1. The van der Waals surface area contributed by atoms with Crippen LogP contribution in [0.15, 0.2) is 59.1 Å². The number of amides is 1. The molecule has 0 bridgehead atoms. The van der Waals surface area contributed by atoms with Gasteiger partial charge in [-0.2, -0.15) is 0 Å². The molecule has 0 saturated carbocycles. The molecule has 2 heterocycles. The van der Waals surface area contributed by atoms with Gasteiger partial charge in [-0.15, -0.1) is 0 Å². The third-order valence-corrected chi connectivity index (χ3v) is 6.31. The van der Waals surface area contributed by atoms with Gasteiger partial charge in [0, 0.05) is 29.9 Å². The smallest absolute Gasteiger partial charge is 0.238 e. The minimum Gasteiger partial charge on any atom is -0.372 e. The van der Waals surface area contributed by atoms with Crippen molar-refractivity contribution in [3.05, 3.63) is 64.6 Å². The second-order valence-electron chi connectivity index (χ2n) is 7.84. The van der Waals surface area contributed by atoms with Crippen LogP contribution in [0.2, 0.25) is 0 Å². The Balaban J connectivity index is 1.36. The molecule has 2 fully saturated rings. The van der Waals surface area contributed by atoms with Gasteiger partial charge in [0.15, 0.2) is 0 Å². The van der Waals surface area contributed by atoms with Gasteiger partial charge in [0.2, 0.25) is 5.91 Å². The van der Waals surface area contributed by atoms with Crippen molar-refractivity contribution in [2.75, 3.05) is 31.6 Å². The normalized spacial score (nSPS) is 24.7. The van der Waals surface area contributed by atoms with Crippen LogP contribution in [-0.2, 0) is 20.9 Å². The van der Waals surface area contributed by atoms with Crippen LogP contribution in [-0.4, -0.2) is 48.8 Å². The van der Waals surface area contributed by atoms with E-state index < -0.39 is 0 Å². The minimum absolute atomic E-state index is 0.00239. The maximum Gasteiger partial charge on any atom is 0.238 e. The standard InChI is InChI=1S/C23H27BrN2O3/c24-19-7-9-20(10-8-19)25-22(27)16-26-13-12-23(11-4-14-29-23)21(15-26)28-17-18-5-2-1-3-6-18/h1-3,5-10,21H,4,11-17H2,(H,25,27)/t21-,23-/m1/s1. The molecule has 4 rings (SSSR count). The lowest BCUT2D eigenvalue weighted by Crippen LogP contribution is -2.57. The molecule has 1 amide bonds. The Labute approximate surface area is 180 Å². The molecule has 154 valence electrons. The van der Waals surface area contributed by atoms with E-state index in [0.29, 0.717) is 19.7 Å². The molecule has 0 radical (unpaired) electrons. The van der Waals surface area contributed by atoms with Crippen molar-refractivity contribution in [3.63, 3.8) is 0 Å². The summed E-state index contributed by atoms with van der Waals surface area (Å²) in [6.45, 7) is 3.28. The summed E-state index contributed by atoms with van der Waals surface area (Å²) in [6, 6.07) is 17.9. The van der Waals surface area contributed by atoms with Gasteiger partial charge in [-0.1, -0.05) is 46.3 Å². The summed E-state index contributed by atoms with van der Waals surface area (Å²) >= 11 is 3.41. The summed E-state index contributed by atoms with van der Waals surface area (Å²) in [7, 11) is 0. The van der Waals surface area contributed by atoms with Crippen LogP contribution in [0.1, 0.15) is 24.8 Å². The molecule has 0 aromatic heterocycles. The Morgan fingerprint density at radius 3 is 2.69 bits per heavy atom. The number of halogens is 1. The zero-order chi connectivity index (χ0) is 20.1. The first-order valence-electron chi connectivity index (χ1n) is 10.2. The zero-order valence-corrected chi connectivity index (χ0v) is 18.1. The van der Waals surface area contributed by atoms with Crippen LogP contribution in [0.4, 0.5) is 5.69 Å². The topological polar surface area (TPSA) is 50.8 Å². The fourth-order valence-electron chi connectivity index (χ4n) is 4.23. The van der Waals surface area contributed by atoms with E-state index in [2.05, 4.69) is 38.3 Å². The van der Waals surface area contributed by atoms with Crippen molar-refractivity contribution >= 4 is 27.5 Å². The Hall–Kier alpha value is -1.73. The maximum absolute atomic E-state index is 12.5. The number of hydrogen-bond donors (Lipinski definition) is 1. The van der Waals surface area contributed by atoms with E-state index in [-0.39, 0.29) is 17.6 Å². The molecule has 2 aliphatic rings. The number of rotatable bonds is 6. The highest BCUT2D eigenvalue weighted by atomic mass is 79.9. The number of carbonyl (C=O) groups is 1. The van der Waals surface area contributed by atoms with Crippen LogP contribution in [0.3, 0.4) is 0 Å². The Morgan fingerprint density at radius 1 is 1.17 bits per heavy atom. The van der Waals surface area contributed by atoms with E-state index in [1.165, 1.54) is 0 Å². The summed E-state index contributed by atoms with van der Waals surface area (Å²) < 4.78 is 13.5. The molecule has 1 spiro atoms. The summed E-state index contributed by atoms with van der Waals surface area (Å²) in [5.41, 5.74) is 1.77. The van der Waals surface area contributed by atoms with Crippen molar-refractivity contribution in [3.8, 4) is 0 Å². The highest BCUT2D eigenvalue weighted by molar-refractivity contribution is 9.10. The van der Waals surface area contributed by atoms with Gasteiger partial charge in [0.25, 0.3) is 0 Å². The van der Waals surface area contributed by atoms with Crippen LogP contribution in [0.5, 0.6) is 0 Å². The highest BCUT2D eigenvalue weighted by Crippen LogP contribution is 2.38. The lowest BCUT2D eigenvalue weighted by atomic mass is 9.85. The molecule has 1 N–H and O–H groups in total. The van der Waals surface area contributed by atoms with Crippen molar-refractivity contribution in [2.24, 2.45) is 0 Å². The predicted octanol–water partition coefficient (Wildman–Crippen LogP) is 4.23. The van der Waals surface area contributed by atoms with Gasteiger partial charge >= 0.3 is 0 Å². The molecular formula is C23H27BrN2O3. The van der Waals surface area contributed by atoms with Gasteiger partial charge < -0.3 is 14.8 Å². The molecule has 2 aromatic rings. The van der Waals surface area contributed by atoms with Gasteiger partial charge in [-0.05, 0) is 49.1 Å². The highest BCUT2D eigenvalue weighted by Gasteiger charge is 2.47. The summed E-state index contributed by atoms with van der Waals surface area (Å²) in [6.07, 6.45) is 2.98. The Bertz CT molecular complexity index is 807. The van der Waals surface area contributed by atoms with E-state index in [1.807, 2.05) is 42.5 Å². The third-order valence-electron chi connectivity index (χ3n) is 5.79. The average Bonchev–Trinajstić information content (AvgIpc) is 3.20. The number of benzene rings is 2. The van der Waals surface area contributed by atoms with E-state index in [1.54, 1.807) is 0 Å². The summed E-state index contributed by atoms with van der Waals surface area (Å²) in [4.78, 5) is 14.7. The van der Waals surface area contributed by atoms with Crippen LogP contribution in [0, 0.1) is 0 Å². The van der Waals surface area contributed by atoms with Gasteiger partial charge in [0.1, 0.15) is 0 Å². The first kappa shape index (κ1) is 20.5. The molecule has 29 heavy (non-hydrogen) atoms. The van der Waals surface area contributed by atoms with Crippen molar-refractivity contribution in [2.45, 2.75) is 37.6 Å². The number of hydrogen-bond acceptors (Lipinski definition) is 4. The quantitative estimate of drug-likeness (QED) is 0.703. The van der Waals surface area contributed by atoms with E-state index in [4.69, 9.17) is 9.47 Å². The number of ether oxygens (including phenoxy) is 2. The van der Waals surface area contributed by atoms with E-state index in [9.17, 15) is 4.79 Å². The fraction of sp³-hybridized carbons (Fsp3) is 0.435. The van der Waals surface area contributed by atoms with Gasteiger partial charge in [-0.25, -0.2) is 0 Å². The maximum atomic E-state index is 12.5. The molecule has 2 aliphatic heterocycles. The average molecular weight is 459 g/mol. The molecule has 2 atom stereocenters. The molecular weight excluding hydrogens is 432 g/mol. The predicted molar refractivity (Wildman–Crippen MR) is 117 cm³/mol. The van der Waals surface area contributed by atoms with E-state index in [0.717, 1.165) is 48.1 Å². The summed E-state index contributed by atoms with van der Waals surface area (Å²) in [5, 5.41) is 2.98. The van der Waals surface area contributed by atoms with Crippen LogP contribution < -0.4 is 5.32 Å². The third kappa shape index (κ3) is 5.25. The van der Waals surface area contributed by atoms with Crippen LogP contribution >= 0.6 is 15.9 Å². The van der Waals surface area contributed by atoms with Crippen molar-refractivity contribution in [1.29, 1.82) is 0 Å². The molecule has 6 heteroatoms. The number of carbonyl (C=O) groups excluding carboxylic acids is 1. The minimum atomic E-state index is -0.201.